The largest absolute Gasteiger partial charge is 0.477 e. The Hall–Kier alpha value is -5.24. The molecule has 288 valence electrons. The Morgan fingerprint density at radius 3 is 2.04 bits per heavy atom. The molecule has 1 amide bonds. The first-order valence-electron chi connectivity index (χ1n) is 19.4. The maximum atomic E-state index is 12.9. The van der Waals surface area contributed by atoms with Gasteiger partial charge in [-0.15, -0.1) is 0 Å². The molecule has 4 aromatic heterocycles. The number of ether oxygens (including phenoxy) is 1. The number of H-pyrrole nitrogens is 1. The first-order chi connectivity index (χ1) is 26.8. The Labute approximate surface area is 322 Å². The molecule has 0 spiro atoms. The third-order valence-corrected chi connectivity index (χ3v) is 10.6. The van der Waals surface area contributed by atoms with Gasteiger partial charge in [-0.2, -0.15) is 0 Å². The molecular formula is C42H51N9O4. The molecule has 3 saturated heterocycles. The van der Waals surface area contributed by atoms with Crippen molar-refractivity contribution in [3.05, 3.63) is 95.8 Å². The highest BCUT2D eigenvalue weighted by atomic mass is 16.5. The first kappa shape index (κ1) is 38.1. The van der Waals surface area contributed by atoms with Crippen molar-refractivity contribution >= 4 is 34.4 Å². The Morgan fingerprint density at radius 2 is 1.42 bits per heavy atom. The predicted molar refractivity (Wildman–Crippen MR) is 213 cm³/mol. The maximum absolute atomic E-state index is 12.9. The molecule has 0 radical (unpaired) electrons. The van der Waals surface area contributed by atoms with E-state index in [1.54, 1.807) is 24.8 Å². The smallest absolute Gasteiger partial charge is 0.354 e. The quantitative estimate of drug-likeness (QED) is 0.155. The molecule has 8 rings (SSSR count). The fourth-order valence-electron chi connectivity index (χ4n) is 7.80. The molecular weight excluding hydrogens is 695 g/mol. The van der Waals surface area contributed by atoms with Crippen LogP contribution in [0.5, 0.6) is 0 Å². The molecule has 0 saturated carbocycles. The van der Waals surface area contributed by atoms with Crippen molar-refractivity contribution in [2.24, 2.45) is 11.8 Å². The van der Waals surface area contributed by atoms with Crippen LogP contribution >= 0.6 is 0 Å². The van der Waals surface area contributed by atoms with Gasteiger partial charge in [0.15, 0.2) is 0 Å². The van der Waals surface area contributed by atoms with E-state index in [0.717, 1.165) is 109 Å². The average molecular weight is 746 g/mol. The van der Waals surface area contributed by atoms with Crippen LogP contribution in [0.3, 0.4) is 0 Å². The highest BCUT2D eigenvalue weighted by molar-refractivity contribution is 6.03. The third-order valence-electron chi connectivity index (χ3n) is 10.6. The van der Waals surface area contributed by atoms with Crippen molar-refractivity contribution < 1.29 is 19.4 Å². The number of carboxylic acids is 1. The van der Waals surface area contributed by atoms with Gasteiger partial charge in [0.05, 0.1) is 18.6 Å². The minimum Gasteiger partial charge on any atom is -0.477 e. The number of fused-ring (bicyclic) bond motifs is 1. The zero-order chi connectivity index (χ0) is 38.1. The number of piperidine rings is 2. The van der Waals surface area contributed by atoms with E-state index in [0.29, 0.717) is 18.9 Å². The number of carbonyl (C=O) groups is 2. The van der Waals surface area contributed by atoms with Gasteiger partial charge < -0.3 is 25.0 Å². The minimum atomic E-state index is -0.959. The monoisotopic (exact) mass is 745 g/mol. The third kappa shape index (κ3) is 10.1. The van der Waals surface area contributed by atoms with Crippen LogP contribution in [0.25, 0.3) is 22.3 Å². The average Bonchev–Trinajstić information content (AvgIpc) is 3.64. The van der Waals surface area contributed by atoms with Crippen LogP contribution in [0, 0.1) is 11.8 Å². The molecule has 1 aromatic carbocycles. The van der Waals surface area contributed by atoms with Crippen LogP contribution in [-0.4, -0.2) is 104 Å². The summed E-state index contributed by atoms with van der Waals surface area (Å²) in [6.07, 6.45) is 9.96. The van der Waals surface area contributed by atoms with Gasteiger partial charge in [0.1, 0.15) is 29.2 Å². The van der Waals surface area contributed by atoms with Crippen LogP contribution in [0.15, 0.2) is 73.3 Å². The van der Waals surface area contributed by atoms with Gasteiger partial charge in [-0.1, -0.05) is 26.0 Å². The van der Waals surface area contributed by atoms with Gasteiger partial charge in [-0.25, -0.2) is 19.7 Å². The SMILES string of the molecule is C[C@@H]1CCCN(Cc2ccnc(C(=O)Nc3ccc(-c4cc5c(N6CCOCC6)ncnc5[nH]4)cc3)c2)C1.C[C@@H]1CCCN(Cc2ccnc(C(=O)O)c2)C1. The summed E-state index contributed by atoms with van der Waals surface area (Å²) in [5.74, 6) is 1.22. The second kappa shape index (κ2) is 17.9. The zero-order valence-electron chi connectivity index (χ0n) is 31.8. The summed E-state index contributed by atoms with van der Waals surface area (Å²) in [5, 5.41) is 12.9. The Morgan fingerprint density at radius 1 is 0.800 bits per heavy atom. The van der Waals surface area contributed by atoms with Gasteiger partial charge in [0, 0.05) is 63.0 Å². The van der Waals surface area contributed by atoms with Gasteiger partial charge in [-0.05, 0) is 110 Å². The van der Waals surface area contributed by atoms with Crippen molar-refractivity contribution in [3.63, 3.8) is 0 Å². The molecule has 13 nitrogen and oxygen atoms in total. The molecule has 13 heteroatoms. The van der Waals surface area contributed by atoms with E-state index >= 15 is 0 Å². The second-order valence-electron chi connectivity index (χ2n) is 15.1. The lowest BCUT2D eigenvalue weighted by molar-refractivity contribution is 0.0689. The topological polar surface area (TPSA) is 153 Å². The van der Waals surface area contributed by atoms with E-state index in [4.69, 9.17) is 9.84 Å². The number of benzene rings is 1. The van der Waals surface area contributed by atoms with Crippen molar-refractivity contribution in [2.75, 3.05) is 62.7 Å². The van der Waals surface area contributed by atoms with E-state index in [1.165, 1.54) is 25.7 Å². The van der Waals surface area contributed by atoms with Crippen molar-refractivity contribution in [1.29, 1.82) is 0 Å². The van der Waals surface area contributed by atoms with Gasteiger partial charge in [0.2, 0.25) is 0 Å². The van der Waals surface area contributed by atoms with E-state index in [1.807, 2.05) is 42.5 Å². The highest BCUT2D eigenvalue weighted by Gasteiger charge is 2.20. The second-order valence-corrected chi connectivity index (χ2v) is 15.1. The highest BCUT2D eigenvalue weighted by Crippen LogP contribution is 2.30. The number of amides is 1. The molecule has 2 atom stereocenters. The number of hydrogen-bond acceptors (Lipinski definition) is 10. The summed E-state index contributed by atoms with van der Waals surface area (Å²) in [6, 6.07) is 17.4. The van der Waals surface area contributed by atoms with Gasteiger partial charge >= 0.3 is 5.97 Å². The number of aromatic carboxylic acids is 1. The normalized spacial score (nSPS) is 19.4. The molecule has 3 N–H and O–H groups in total. The molecule has 55 heavy (non-hydrogen) atoms. The summed E-state index contributed by atoms with van der Waals surface area (Å²) in [5.41, 5.74) is 6.20. The molecule has 3 fully saturated rings. The molecule has 0 aliphatic carbocycles. The number of pyridine rings is 2. The fourth-order valence-corrected chi connectivity index (χ4v) is 7.80. The number of carboxylic acid groups (broad SMARTS) is 1. The lowest BCUT2D eigenvalue weighted by Gasteiger charge is -2.30. The molecule has 5 aromatic rings. The van der Waals surface area contributed by atoms with Gasteiger partial charge in [0.25, 0.3) is 5.91 Å². The van der Waals surface area contributed by atoms with E-state index in [2.05, 4.69) is 64.9 Å². The van der Waals surface area contributed by atoms with Gasteiger partial charge in [-0.3, -0.25) is 19.6 Å². The number of nitrogens with one attached hydrogen (secondary N) is 2. The number of morpholine rings is 1. The van der Waals surface area contributed by atoms with Crippen LogP contribution in [-0.2, 0) is 17.8 Å². The summed E-state index contributed by atoms with van der Waals surface area (Å²) >= 11 is 0. The minimum absolute atomic E-state index is 0.132. The summed E-state index contributed by atoms with van der Waals surface area (Å²) in [4.78, 5) is 51.4. The number of carbonyl (C=O) groups excluding carboxylic acids is 1. The number of aromatic nitrogens is 5. The first-order valence-corrected chi connectivity index (χ1v) is 19.4. The van der Waals surface area contributed by atoms with E-state index in [9.17, 15) is 9.59 Å². The van der Waals surface area contributed by atoms with Crippen LogP contribution in [0.1, 0.15) is 71.6 Å². The molecule has 3 aliphatic heterocycles. The maximum Gasteiger partial charge on any atom is 0.354 e. The lowest BCUT2D eigenvalue weighted by atomic mass is 10.00. The zero-order valence-corrected chi connectivity index (χ0v) is 31.8. The van der Waals surface area contributed by atoms with Crippen molar-refractivity contribution in [3.8, 4) is 11.3 Å². The number of aromatic amines is 1. The molecule has 3 aliphatic rings. The number of nitrogens with zero attached hydrogens (tertiary/aromatic N) is 7. The van der Waals surface area contributed by atoms with Crippen molar-refractivity contribution in [1.82, 2.24) is 34.7 Å². The Balaban J connectivity index is 0.000000229. The molecule has 0 unspecified atom stereocenters. The molecule has 0 bridgehead atoms. The number of anilines is 2. The molecule has 7 heterocycles. The van der Waals surface area contributed by atoms with E-state index in [-0.39, 0.29) is 11.6 Å². The lowest BCUT2D eigenvalue weighted by Crippen LogP contribution is -2.36. The van der Waals surface area contributed by atoms with Crippen LogP contribution in [0.4, 0.5) is 11.5 Å². The Bertz CT molecular complexity index is 2060. The fraction of sp³-hybridized carbons (Fsp3) is 0.429. The summed E-state index contributed by atoms with van der Waals surface area (Å²) < 4.78 is 5.49. The van der Waals surface area contributed by atoms with E-state index < -0.39 is 5.97 Å². The van der Waals surface area contributed by atoms with Crippen LogP contribution < -0.4 is 10.2 Å². The van der Waals surface area contributed by atoms with Crippen LogP contribution in [0.2, 0.25) is 0 Å². The predicted octanol–water partition coefficient (Wildman–Crippen LogP) is 6.35. The van der Waals surface area contributed by atoms with Crippen molar-refractivity contribution in [2.45, 2.75) is 52.6 Å². The standard InChI is InChI=1S/C29H33N7O2.C13H18N2O2/c1-20-3-2-10-35(17-20)18-21-8-9-30-26(15-21)29(37)33-23-6-4-22(5-7-23)25-16-24-27(34-25)31-19-32-28(24)36-11-13-38-14-12-36;1-10-3-2-6-15(8-10)9-11-4-5-14-12(7-11)13(16)17/h4-9,15-16,19-20H,2-3,10-14,17-18H2,1H3,(H,33,37)(H,31,32,34);4-5,7,10H,2-3,6,8-9H2,1H3,(H,16,17)/t20-;10-/m11/s1. The Kier molecular flexibility index (Phi) is 12.4. The number of hydrogen-bond donors (Lipinski definition) is 3. The summed E-state index contributed by atoms with van der Waals surface area (Å²) in [7, 11) is 0. The number of rotatable bonds is 9. The number of likely N-dealkylation sites (tertiary alicyclic amines) is 2. The summed E-state index contributed by atoms with van der Waals surface area (Å²) in [6.45, 7) is 13.7.